The number of urea groups is 1. The smallest absolute Gasteiger partial charge is 0.317 e. The van der Waals surface area contributed by atoms with E-state index in [-0.39, 0.29) is 6.03 Å². The van der Waals surface area contributed by atoms with E-state index < -0.39 is 0 Å². The van der Waals surface area contributed by atoms with E-state index in [4.69, 9.17) is 0 Å². The van der Waals surface area contributed by atoms with Gasteiger partial charge in [0.2, 0.25) is 0 Å². The van der Waals surface area contributed by atoms with Gasteiger partial charge in [0.05, 0.1) is 0 Å². The van der Waals surface area contributed by atoms with E-state index in [1.54, 1.807) is 0 Å². The summed E-state index contributed by atoms with van der Waals surface area (Å²) in [6, 6.07) is 5.26. The topological polar surface area (TPSA) is 35.6 Å². The first kappa shape index (κ1) is 16.8. The zero-order valence-corrected chi connectivity index (χ0v) is 15.1. The van der Waals surface area contributed by atoms with Crippen molar-refractivity contribution in [3.63, 3.8) is 0 Å². The van der Waals surface area contributed by atoms with E-state index in [1.807, 2.05) is 16.2 Å². The number of hydrogen-bond donors (Lipinski definition) is 1. The standard InChI is InChI=1S/C18H29N3OS/c1-14(2)21(16-7-8-16)18(22)19-11-15-5-3-9-20(12-15)13-17-6-4-10-23-17/h4,6,10,14-16H,3,5,7-9,11-13H2,1-2H3,(H,19,22)/t15-/m1/s1. The fraction of sp³-hybridized carbons (Fsp3) is 0.722. The summed E-state index contributed by atoms with van der Waals surface area (Å²) in [7, 11) is 0. The zero-order valence-electron chi connectivity index (χ0n) is 14.3. The van der Waals surface area contributed by atoms with Gasteiger partial charge in [0.25, 0.3) is 0 Å². The Labute approximate surface area is 143 Å². The first-order chi connectivity index (χ1) is 11.1. The Bertz CT molecular complexity index is 496. The van der Waals surface area contributed by atoms with Crippen molar-refractivity contribution in [1.82, 2.24) is 15.1 Å². The van der Waals surface area contributed by atoms with Crippen LogP contribution in [0.4, 0.5) is 4.79 Å². The molecule has 128 valence electrons. The van der Waals surface area contributed by atoms with Gasteiger partial charge in [-0.2, -0.15) is 0 Å². The van der Waals surface area contributed by atoms with Crippen molar-refractivity contribution in [1.29, 1.82) is 0 Å². The van der Waals surface area contributed by atoms with Crippen molar-refractivity contribution in [2.24, 2.45) is 5.92 Å². The molecule has 0 bridgehead atoms. The van der Waals surface area contributed by atoms with Crippen LogP contribution >= 0.6 is 11.3 Å². The molecule has 23 heavy (non-hydrogen) atoms. The molecule has 5 heteroatoms. The maximum atomic E-state index is 12.4. The average molecular weight is 336 g/mol. The molecule has 0 radical (unpaired) electrons. The summed E-state index contributed by atoms with van der Waals surface area (Å²) in [6.45, 7) is 8.38. The first-order valence-electron chi connectivity index (χ1n) is 8.94. The lowest BCUT2D eigenvalue weighted by Gasteiger charge is -2.33. The van der Waals surface area contributed by atoms with Crippen LogP contribution in [0.5, 0.6) is 0 Å². The molecule has 1 aliphatic heterocycles. The van der Waals surface area contributed by atoms with Crippen LogP contribution in [0.15, 0.2) is 17.5 Å². The number of nitrogens with zero attached hydrogens (tertiary/aromatic N) is 2. The molecule has 0 spiro atoms. The Kier molecular flexibility index (Phi) is 5.59. The van der Waals surface area contributed by atoms with Crippen LogP contribution in [0.1, 0.15) is 44.4 Å². The highest BCUT2D eigenvalue weighted by Gasteiger charge is 2.34. The van der Waals surface area contributed by atoms with E-state index in [0.717, 1.165) is 19.6 Å². The van der Waals surface area contributed by atoms with Gasteiger partial charge in [-0.3, -0.25) is 4.90 Å². The number of rotatable bonds is 6. The molecule has 2 aliphatic rings. The van der Waals surface area contributed by atoms with Gasteiger partial charge in [-0.05, 0) is 63.4 Å². The quantitative estimate of drug-likeness (QED) is 0.863. The third-order valence-electron chi connectivity index (χ3n) is 4.84. The number of hydrogen-bond acceptors (Lipinski definition) is 3. The minimum Gasteiger partial charge on any atom is -0.338 e. The SMILES string of the molecule is CC(C)N(C(=O)NC[C@H]1CCCN(Cc2cccs2)C1)C1CC1. The molecule has 2 amide bonds. The van der Waals surface area contributed by atoms with Gasteiger partial charge in [-0.15, -0.1) is 11.3 Å². The van der Waals surface area contributed by atoms with E-state index in [2.05, 4.69) is 41.6 Å². The summed E-state index contributed by atoms with van der Waals surface area (Å²) < 4.78 is 0. The third kappa shape index (κ3) is 4.70. The highest BCUT2D eigenvalue weighted by molar-refractivity contribution is 7.09. The van der Waals surface area contributed by atoms with E-state index in [0.29, 0.717) is 18.0 Å². The average Bonchev–Trinajstić information content (AvgIpc) is 3.21. The molecule has 1 aliphatic carbocycles. The van der Waals surface area contributed by atoms with Crippen LogP contribution in [-0.2, 0) is 6.54 Å². The third-order valence-corrected chi connectivity index (χ3v) is 5.70. The molecule has 4 nitrogen and oxygen atoms in total. The van der Waals surface area contributed by atoms with Crippen LogP contribution in [-0.4, -0.2) is 47.5 Å². The summed E-state index contributed by atoms with van der Waals surface area (Å²) in [4.78, 5) is 18.5. The Balaban J connectivity index is 1.45. The van der Waals surface area contributed by atoms with Crippen molar-refractivity contribution in [3.8, 4) is 0 Å². The normalized spacial score (nSPS) is 22.3. The number of carbonyl (C=O) groups is 1. The van der Waals surface area contributed by atoms with E-state index in [9.17, 15) is 4.79 Å². The lowest BCUT2D eigenvalue weighted by Crippen LogP contribution is -2.48. The van der Waals surface area contributed by atoms with Crippen LogP contribution in [0.3, 0.4) is 0 Å². The number of nitrogens with one attached hydrogen (secondary N) is 1. The molecule has 2 heterocycles. The van der Waals surface area contributed by atoms with Gasteiger partial charge >= 0.3 is 6.03 Å². The summed E-state index contributed by atoms with van der Waals surface area (Å²) in [6.07, 6.45) is 4.81. The second-order valence-corrected chi connectivity index (χ2v) is 8.27. The van der Waals surface area contributed by atoms with E-state index in [1.165, 1.54) is 37.1 Å². The fourth-order valence-electron chi connectivity index (χ4n) is 3.58. The molecule has 0 unspecified atom stereocenters. The van der Waals surface area contributed by atoms with Crippen molar-refractivity contribution in [2.45, 2.75) is 58.2 Å². The maximum absolute atomic E-state index is 12.4. The van der Waals surface area contributed by atoms with Crippen molar-refractivity contribution in [3.05, 3.63) is 22.4 Å². The van der Waals surface area contributed by atoms with Crippen molar-refractivity contribution < 1.29 is 4.79 Å². The summed E-state index contributed by atoms with van der Waals surface area (Å²) in [5, 5.41) is 5.35. The lowest BCUT2D eigenvalue weighted by atomic mass is 9.98. The molecule has 1 N–H and O–H groups in total. The van der Waals surface area contributed by atoms with Crippen LogP contribution < -0.4 is 5.32 Å². The zero-order chi connectivity index (χ0) is 16.2. The van der Waals surface area contributed by atoms with Crippen molar-refractivity contribution >= 4 is 17.4 Å². The van der Waals surface area contributed by atoms with Crippen LogP contribution in [0.25, 0.3) is 0 Å². The van der Waals surface area contributed by atoms with Crippen LogP contribution in [0.2, 0.25) is 0 Å². The Hall–Kier alpha value is -1.07. The monoisotopic (exact) mass is 335 g/mol. The Morgan fingerprint density at radius 2 is 2.26 bits per heavy atom. The molecule has 1 saturated carbocycles. The Morgan fingerprint density at radius 1 is 1.43 bits per heavy atom. The number of thiophene rings is 1. The predicted molar refractivity (Wildman–Crippen MR) is 95.7 cm³/mol. The molecule has 2 fully saturated rings. The minimum absolute atomic E-state index is 0.137. The number of likely N-dealkylation sites (tertiary alicyclic amines) is 1. The summed E-state index contributed by atoms with van der Waals surface area (Å²) in [5.74, 6) is 0.584. The van der Waals surface area contributed by atoms with Gasteiger partial charge in [-0.1, -0.05) is 6.07 Å². The molecular formula is C18H29N3OS. The first-order valence-corrected chi connectivity index (χ1v) is 9.82. The largest absolute Gasteiger partial charge is 0.338 e. The number of amides is 2. The minimum atomic E-state index is 0.137. The van der Waals surface area contributed by atoms with E-state index >= 15 is 0 Å². The molecule has 0 aromatic carbocycles. The molecular weight excluding hydrogens is 306 g/mol. The fourth-order valence-corrected chi connectivity index (χ4v) is 4.33. The van der Waals surface area contributed by atoms with Gasteiger partial charge < -0.3 is 10.2 Å². The number of piperidine rings is 1. The second-order valence-electron chi connectivity index (χ2n) is 7.24. The highest BCUT2D eigenvalue weighted by Crippen LogP contribution is 2.28. The van der Waals surface area contributed by atoms with Gasteiger partial charge in [0.1, 0.15) is 0 Å². The molecule has 1 saturated heterocycles. The molecule has 1 atom stereocenters. The van der Waals surface area contributed by atoms with Gasteiger partial charge in [0.15, 0.2) is 0 Å². The highest BCUT2D eigenvalue weighted by atomic mass is 32.1. The number of carbonyl (C=O) groups excluding carboxylic acids is 1. The Morgan fingerprint density at radius 3 is 2.91 bits per heavy atom. The second kappa shape index (κ2) is 7.67. The van der Waals surface area contributed by atoms with Gasteiger partial charge in [0, 0.05) is 36.6 Å². The predicted octanol–water partition coefficient (Wildman–Crippen LogP) is 3.54. The van der Waals surface area contributed by atoms with Crippen molar-refractivity contribution in [2.75, 3.05) is 19.6 Å². The molecule has 1 aromatic heterocycles. The lowest BCUT2D eigenvalue weighted by molar-refractivity contribution is 0.155. The molecule has 3 rings (SSSR count). The summed E-state index contributed by atoms with van der Waals surface area (Å²) in [5.41, 5.74) is 0. The van der Waals surface area contributed by atoms with Gasteiger partial charge in [-0.25, -0.2) is 4.79 Å². The van der Waals surface area contributed by atoms with Crippen LogP contribution in [0, 0.1) is 5.92 Å². The maximum Gasteiger partial charge on any atom is 0.317 e. The summed E-state index contributed by atoms with van der Waals surface area (Å²) >= 11 is 1.84. The molecule has 1 aromatic rings.